The first-order chi connectivity index (χ1) is 14.4. The summed E-state index contributed by atoms with van der Waals surface area (Å²) in [5.41, 5.74) is 8.21. The zero-order valence-corrected chi connectivity index (χ0v) is 17.5. The number of primary amides is 1. The second kappa shape index (κ2) is 8.19. The van der Waals surface area contributed by atoms with Crippen molar-refractivity contribution in [2.45, 2.75) is 26.5 Å². The highest BCUT2D eigenvalue weighted by atomic mass is 32.1. The van der Waals surface area contributed by atoms with Gasteiger partial charge >= 0.3 is 0 Å². The molecule has 2 aromatic heterocycles. The summed E-state index contributed by atoms with van der Waals surface area (Å²) < 4.78 is 13.8. The van der Waals surface area contributed by atoms with Gasteiger partial charge < -0.3 is 25.1 Å². The topological polar surface area (TPSA) is 108 Å². The number of benzene rings is 1. The van der Waals surface area contributed by atoms with Gasteiger partial charge in [-0.2, -0.15) is 0 Å². The third kappa shape index (κ3) is 3.88. The lowest BCUT2D eigenvalue weighted by molar-refractivity contribution is -0.118. The van der Waals surface area contributed by atoms with Crippen molar-refractivity contribution in [2.24, 2.45) is 5.73 Å². The molecular weight excluding hydrogens is 404 g/mol. The molecular formula is C21H22N4O4S. The molecule has 8 nitrogen and oxygen atoms in total. The molecule has 1 atom stereocenters. The molecule has 156 valence electrons. The van der Waals surface area contributed by atoms with Gasteiger partial charge in [0.05, 0.1) is 17.0 Å². The summed E-state index contributed by atoms with van der Waals surface area (Å²) in [5, 5.41) is 5.48. The van der Waals surface area contributed by atoms with Crippen LogP contribution in [0, 0.1) is 6.92 Å². The number of thiazole rings is 1. The average molecular weight is 426 g/mol. The Labute approximate surface area is 177 Å². The van der Waals surface area contributed by atoms with Crippen LogP contribution < -0.4 is 20.5 Å². The van der Waals surface area contributed by atoms with Crippen molar-refractivity contribution in [3.8, 4) is 22.9 Å². The molecule has 3 aromatic rings. The van der Waals surface area contributed by atoms with Gasteiger partial charge in [0.1, 0.15) is 11.6 Å². The first-order valence-corrected chi connectivity index (χ1v) is 10.4. The largest absolute Gasteiger partial charge is 0.485 e. The van der Waals surface area contributed by atoms with Crippen molar-refractivity contribution < 1.29 is 19.1 Å². The monoisotopic (exact) mass is 426 g/mol. The lowest BCUT2D eigenvalue weighted by Crippen LogP contribution is -2.25. The van der Waals surface area contributed by atoms with Gasteiger partial charge in [-0.05, 0) is 25.1 Å². The Hall–Kier alpha value is -3.33. The Morgan fingerprint density at radius 3 is 2.83 bits per heavy atom. The molecule has 0 radical (unpaired) electrons. The van der Waals surface area contributed by atoms with Crippen molar-refractivity contribution in [1.82, 2.24) is 14.9 Å². The van der Waals surface area contributed by atoms with Crippen molar-refractivity contribution in [2.75, 3.05) is 13.2 Å². The molecule has 0 spiro atoms. The van der Waals surface area contributed by atoms with Crippen LogP contribution in [0.3, 0.4) is 0 Å². The summed E-state index contributed by atoms with van der Waals surface area (Å²) in [6, 6.07) is 9.28. The molecule has 3 heterocycles. The van der Waals surface area contributed by atoms with E-state index in [4.69, 9.17) is 20.2 Å². The highest BCUT2D eigenvalue weighted by Crippen LogP contribution is 2.37. The van der Waals surface area contributed by atoms with Crippen LogP contribution in [0.2, 0.25) is 0 Å². The number of carbonyl (C=O) groups excluding carboxylic acids is 2. The molecule has 3 N–H and O–H groups in total. The minimum Gasteiger partial charge on any atom is -0.485 e. The van der Waals surface area contributed by atoms with Crippen LogP contribution in [-0.4, -0.2) is 34.5 Å². The standard InChI is InChI=1S/C21H22N4O4S/c1-12-14(20(22)27)9-16(25(12)8-7-23-13(2)26)15-11-30-21(24-15)19-10-28-17-5-3-4-6-18(17)29-19/h3-6,9,11,19H,7-8,10H2,1-2H3,(H2,22,27)(H,23,26). The Morgan fingerprint density at radius 1 is 1.33 bits per heavy atom. The fraction of sp³-hybridized carbons (Fsp3) is 0.286. The number of fused-ring (bicyclic) bond motifs is 1. The fourth-order valence-electron chi connectivity index (χ4n) is 3.43. The van der Waals surface area contributed by atoms with E-state index in [0.717, 1.165) is 27.8 Å². The SMILES string of the molecule is CC(=O)NCCn1c(-c2csc(C3COc4ccccc4O3)n2)cc(C(N)=O)c1C. The lowest BCUT2D eigenvalue weighted by atomic mass is 10.2. The summed E-state index contributed by atoms with van der Waals surface area (Å²) >= 11 is 1.47. The van der Waals surface area contributed by atoms with Crippen LogP contribution in [0.5, 0.6) is 11.5 Å². The van der Waals surface area contributed by atoms with Crippen LogP contribution in [0.4, 0.5) is 0 Å². The van der Waals surface area contributed by atoms with Crippen LogP contribution in [-0.2, 0) is 11.3 Å². The number of rotatable bonds is 6. The third-order valence-corrected chi connectivity index (χ3v) is 5.85. The number of hydrogen-bond donors (Lipinski definition) is 2. The number of amides is 2. The normalized spacial score (nSPS) is 15.1. The quantitative estimate of drug-likeness (QED) is 0.630. The summed E-state index contributed by atoms with van der Waals surface area (Å²) in [6.07, 6.45) is -0.307. The maximum Gasteiger partial charge on any atom is 0.250 e. The summed E-state index contributed by atoms with van der Waals surface area (Å²) in [6.45, 7) is 4.61. The summed E-state index contributed by atoms with van der Waals surface area (Å²) in [5.74, 6) is 0.806. The van der Waals surface area contributed by atoms with Gasteiger partial charge in [0.15, 0.2) is 17.6 Å². The second-order valence-corrected chi connectivity index (χ2v) is 7.85. The first kappa shape index (κ1) is 20.0. The Balaban J connectivity index is 1.62. The molecule has 9 heteroatoms. The molecule has 1 aromatic carbocycles. The van der Waals surface area contributed by atoms with Gasteiger partial charge in [0.2, 0.25) is 5.91 Å². The molecule has 0 saturated carbocycles. The Kier molecular flexibility index (Phi) is 5.45. The van der Waals surface area contributed by atoms with E-state index >= 15 is 0 Å². The van der Waals surface area contributed by atoms with E-state index in [0.29, 0.717) is 31.0 Å². The van der Waals surface area contributed by atoms with Crippen molar-refractivity contribution >= 4 is 23.2 Å². The van der Waals surface area contributed by atoms with Crippen LogP contribution in [0.25, 0.3) is 11.4 Å². The van der Waals surface area contributed by atoms with Gasteiger partial charge in [0.25, 0.3) is 5.91 Å². The van der Waals surface area contributed by atoms with Crippen LogP contribution >= 0.6 is 11.3 Å². The minimum absolute atomic E-state index is 0.109. The molecule has 0 fully saturated rings. The molecule has 1 aliphatic heterocycles. The number of nitrogens with two attached hydrogens (primary N) is 1. The number of hydrogen-bond acceptors (Lipinski definition) is 6. The Morgan fingerprint density at radius 2 is 2.10 bits per heavy atom. The fourth-order valence-corrected chi connectivity index (χ4v) is 4.26. The van der Waals surface area contributed by atoms with Gasteiger partial charge in [-0.3, -0.25) is 9.59 Å². The van der Waals surface area contributed by atoms with Crippen molar-refractivity contribution in [3.63, 3.8) is 0 Å². The number of aromatic nitrogens is 2. The lowest BCUT2D eigenvalue weighted by Gasteiger charge is -2.24. The number of carbonyl (C=O) groups is 2. The highest BCUT2D eigenvalue weighted by molar-refractivity contribution is 7.10. The second-order valence-electron chi connectivity index (χ2n) is 6.96. The molecule has 4 rings (SSSR count). The maximum absolute atomic E-state index is 11.9. The van der Waals surface area contributed by atoms with Gasteiger partial charge in [-0.15, -0.1) is 11.3 Å². The summed E-state index contributed by atoms with van der Waals surface area (Å²) in [7, 11) is 0. The van der Waals surface area contributed by atoms with E-state index in [1.54, 1.807) is 6.07 Å². The van der Waals surface area contributed by atoms with E-state index in [-0.39, 0.29) is 12.0 Å². The van der Waals surface area contributed by atoms with Gasteiger partial charge in [-0.1, -0.05) is 12.1 Å². The van der Waals surface area contributed by atoms with Crippen molar-refractivity contribution in [3.05, 3.63) is 52.0 Å². The molecule has 1 aliphatic rings. The van der Waals surface area contributed by atoms with E-state index < -0.39 is 5.91 Å². The smallest absolute Gasteiger partial charge is 0.250 e. The van der Waals surface area contributed by atoms with Gasteiger partial charge in [0, 0.05) is 31.1 Å². The van der Waals surface area contributed by atoms with E-state index in [1.807, 2.05) is 41.1 Å². The van der Waals surface area contributed by atoms with Crippen LogP contribution in [0.1, 0.15) is 34.1 Å². The highest BCUT2D eigenvalue weighted by Gasteiger charge is 2.26. The Bertz CT molecular complexity index is 1100. The van der Waals surface area contributed by atoms with E-state index in [9.17, 15) is 9.59 Å². The summed E-state index contributed by atoms with van der Waals surface area (Å²) in [4.78, 5) is 27.8. The zero-order valence-electron chi connectivity index (χ0n) is 16.7. The van der Waals surface area contributed by atoms with Crippen molar-refractivity contribution in [1.29, 1.82) is 0 Å². The number of nitrogens with zero attached hydrogens (tertiary/aromatic N) is 2. The number of para-hydroxylation sites is 2. The molecule has 1 unspecified atom stereocenters. The average Bonchev–Trinajstić information content (AvgIpc) is 3.33. The minimum atomic E-state index is -0.497. The first-order valence-electron chi connectivity index (χ1n) is 9.52. The molecule has 30 heavy (non-hydrogen) atoms. The zero-order chi connectivity index (χ0) is 21.3. The third-order valence-electron chi connectivity index (χ3n) is 4.91. The number of nitrogens with one attached hydrogen (secondary N) is 1. The van der Waals surface area contributed by atoms with Crippen LogP contribution in [0.15, 0.2) is 35.7 Å². The molecule has 0 bridgehead atoms. The molecule has 0 saturated heterocycles. The number of ether oxygens (including phenoxy) is 2. The maximum atomic E-state index is 11.9. The van der Waals surface area contributed by atoms with E-state index in [1.165, 1.54) is 18.3 Å². The predicted molar refractivity (Wildman–Crippen MR) is 113 cm³/mol. The van der Waals surface area contributed by atoms with E-state index in [2.05, 4.69) is 5.32 Å². The molecule has 0 aliphatic carbocycles. The predicted octanol–water partition coefficient (Wildman–Crippen LogP) is 2.67. The molecule has 2 amide bonds. The van der Waals surface area contributed by atoms with Gasteiger partial charge in [-0.25, -0.2) is 4.98 Å².